The molecule has 2 nitrogen and oxygen atoms in total. The third-order valence-corrected chi connectivity index (χ3v) is 3.69. The van der Waals surface area contributed by atoms with Crippen molar-refractivity contribution in [3.05, 3.63) is 63.5 Å². The van der Waals surface area contributed by atoms with Crippen molar-refractivity contribution < 1.29 is 13.5 Å². The van der Waals surface area contributed by atoms with Gasteiger partial charge < -0.3 is 4.74 Å². The molecule has 0 saturated heterocycles. The number of pyridine rings is 1. The number of alkyl halides is 2. The molecule has 1 aliphatic heterocycles. The minimum atomic E-state index is -2.57. The van der Waals surface area contributed by atoms with Crippen LogP contribution < -0.4 is 4.74 Å². The molecule has 1 aromatic carbocycles. The first-order chi connectivity index (χ1) is 9.65. The van der Waals surface area contributed by atoms with E-state index in [1.54, 1.807) is 18.3 Å². The van der Waals surface area contributed by atoms with E-state index >= 15 is 0 Å². The summed E-state index contributed by atoms with van der Waals surface area (Å²) in [7, 11) is 0. The second-order valence-corrected chi connectivity index (χ2v) is 5.60. The van der Waals surface area contributed by atoms with Crippen LogP contribution in [0.1, 0.15) is 11.3 Å². The van der Waals surface area contributed by atoms with Gasteiger partial charge in [0.15, 0.2) is 6.10 Å². The number of aromatic nitrogens is 1. The minimum absolute atomic E-state index is 0.471. The van der Waals surface area contributed by atoms with Crippen molar-refractivity contribution in [3.8, 4) is 5.75 Å². The van der Waals surface area contributed by atoms with Crippen molar-refractivity contribution in [2.75, 3.05) is 0 Å². The van der Waals surface area contributed by atoms with Crippen molar-refractivity contribution in [1.29, 1.82) is 0 Å². The van der Waals surface area contributed by atoms with Gasteiger partial charge in [-0.2, -0.15) is 0 Å². The van der Waals surface area contributed by atoms with Crippen LogP contribution in [0.3, 0.4) is 0 Å². The molecule has 0 spiro atoms. The molecule has 0 bridgehead atoms. The summed E-state index contributed by atoms with van der Waals surface area (Å²) in [5.74, 6) is 0.471. The Kier molecular flexibility index (Phi) is 3.69. The van der Waals surface area contributed by atoms with Crippen molar-refractivity contribution >= 4 is 28.2 Å². The van der Waals surface area contributed by atoms with Gasteiger partial charge in [-0.1, -0.05) is 6.07 Å². The fraction of sp³-hybridized carbons (Fsp3) is 0.133. The zero-order chi connectivity index (χ0) is 14.1. The fourth-order valence-corrected chi connectivity index (χ4v) is 2.61. The monoisotopic (exact) mass is 385 g/mol. The van der Waals surface area contributed by atoms with Crippen molar-refractivity contribution in [1.82, 2.24) is 4.98 Å². The van der Waals surface area contributed by atoms with E-state index in [1.165, 1.54) is 6.08 Å². The molecule has 0 aliphatic carbocycles. The minimum Gasteiger partial charge on any atom is -0.480 e. The highest BCUT2D eigenvalue weighted by Gasteiger charge is 2.28. The molecular weight excluding hydrogens is 375 g/mol. The van der Waals surface area contributed by atoms with E-state index in [1.807, 2.05) is 24.3 Å². The normalized spacial score (nSPS) is 17.4. The molecule has 1 atom stereocenters. The Morgan fingerprint density at radius 2 is 2.05 bits per heavy atom. The molecule has 0 radical (unpaired) electrons. The van der Waals surface area contributed by atoms with Crippen LogP contribution in [0.5, 0.6) is 5.75 Å². The van der Waals surface area contributed by atoms with Gasteiger partial charge in [0.1, 0.15) is 5.75 Å². The lowest BCUT2D eigenvalue weighted by Gasteiger charge is -2.25. The maximum atomic E-state index is 13.0. The number of rotatable bonds is 2. The Morgan fingerprint density at radius 1 is 1.20 bits per heavy atom. The van der Waals surface area contributed by atoms with Gasteiger partial charge in [0.05, 0.1) is 5.69 Å². The van der Waals surface area contributed by atoms with Gasteiger partial charge >= 0.3 is 0 Å². The third kappa shape index (κ3) is 2.54. The second kappa shape index (κ2) is 5.47. The maximum Gasteiger partial charge on any atom is 0.278 e. The fourth-order valence-electron chi connectivity index (χ4n) is 2.12. The SMILES string of the molecule is FC(F)C1C=C(c2ccccn2)c2cc(I)ccc2O1. The zero-order valence-electron chi connectivity index (χ0n) is 10.3. The third-order valence-electron chi connectivity index (χ3n) is 3.01. The van der Waals surface area contributed by atoms with Crippen molar-refractivity contribution in [3.63, 3.8) is 0 Å². The first-order valence-corrected chi connectivity index (χ1v) is 7.11. The van der Waals surface area contributed by atoms with Gasteiger partial charge in [0.2, 0.25) is 0 Å². The molecule has 20 heavy (non-hydrogen) atoms. The molecule has 2 aromatic rings. The summed E-state index contributed by atoms with van der Waals surface area (Å²) in [5, 5.41) is 0. The van der Waals surface area contributed by atoms with Crippen molar-refractivity contribution in [2.24, 2.45) is 0 Å². The van der Waals surface area contributed by atoms with Gasteiger partial charge in [0, 0.05) is 20.9 Å². The molecular formula is C15H10F2INO. The average molecular weight is 385 g/mol. The van der Waals surface area contributed by atoms with Crippen molar-refractivity contribution in [2.45, 2.75) is 12.5 Å². The lowest BCUT2D eigenvalue weighted by molar-refractivity contribution is 0.0373. The Balaban J connectivity index is 2.15. The average Bonchev–Trinajstić information content (AvgIpc) is 2.47. The van der Waals surface area contributed by atoms with Crippen LogP contribution in [0.2, 0.25) is 0 Å². The number of ether oxygens (including phenoxy) is 1. The first-order valence-electron chi connectivity index (χ1n) is 6.03. The summed E-state index contributed by atoms with van der Waals surface area (Å²) in [6, 6.07) is 10.9. The molecule has 3 rings (SSSR count). The summed E-state index contributed by atoms with van der Waals surface area (Å²) >= 11 is 2.18. The van der Waals surface area contributed by atoms with E-state index in [2.05, 4.69) is 27.6 Å². The Labute approximate surface area is 128 Å². The number of benzene rings is 1. The Bertz CT molecular complexity index is 658. The van der Waals surface area contributed by atoms with Crippen LogP contribution in [-0.4, -0.2) is 17.5 Å². The number of halogens is 3. The zero-order valence-corrected chi connectivity index (χ0v) is 12.4. The highest BCUT2D eigenvalue weighted by molar-refractivity contribution is 14.1. The van der Waals surface area contributed by atoms with E-state index in [9.17, 15) is 8.78 Å². The number of hydrogen-bond donors (Lipinski definition) is 0. The summed E-state index contributed by atoms with van der Waals surface area (Å²) in [5.41, 5.74) is 2.16. The van der Waals surface area contributed by atoms with Crippen LogP contribution in [0.25, 0.3) is 5.57 Å². The Morgan fingerprint density at radius 3 is 2.75 bits per heavy atom. The van der Waals surface area contributed by atoms with Gasteiger partial charge in [0.25, 0.3) is 6.43 Å². The lowest BCUT2D eigenvalue weighted by atomic mass is 9.97. The molecule has 0 N–H and O–H groups in total. The lowest BCUT2D eigenvalue weighted by Crippen LogP contribution is -2.26. The highest BCUT2D eigenvalue weighted by Crippen LogP contribution is 2.37. The van der Waals surface area contributed by atoms with E-state index < -0.39 is 12.5 Å². The Hall–Kier alpha value is -1.50. The number of nitrogens with zero attached hydrogens (tertiary/aromatic N) is 1. The van der Waals surface area contributed by atoms with E-state index in [-0.39, 0.29) is 0 Å². The van der Waals surface area contributed by atoms with Gasteiger partial charge in [-0.15, -0.1) is 0 Å². The van der Waals surface area contributed by atoms with Crippen LogP contribution in [-0.2, 0) is 0 Å². The van der Waals surface area contributed by atoms with Crippen LogP contribution in [0.15, 0.2) is 48.7 Å². The molecule has 5 heteroatoms. The summed E-state index contributed by atoms with van der Waals surface area (Å²) in [6.45, 7) is 0. The predicted octanol–water partition coefficient (Wildman–Crippen LogP) is 4.14. The topological polar surface area (TPSA) is 22.1 Å². The molecule has 2 heterocycles. The standard InChI is InChI=1S/C15H10F2INO/c16-15(17)14-8-10(12-3-1-2-6-19-12)11-7-9(18)4-5-13(11)20-14/h1-8,14-15H. The summed E-state index contributed by atoms with van der Waals surface area (Å²) in [4.78, 5) is 4.25. The summed E-state index contributed by atoms with van der Waals surface area (Å²) < 4.78 is 32.3. The van der Waals surface area contributed by atoms with Crippen LogP contribution in [0.4, 0.5) is 8.78 Å². The largest absolute Gasteiger partial charge is 0.480 e. The molecule has 0 amide bonds. The molecule has 0 fully saturated rings. The molecule has 1 aliphatic rings. The second-order valence-electron chi connectivity index (χ2n) is 4.35. The molecule has 102 valence electrons. The quantitative estimate of drug-likeness (QED) is 0.725. The maximum absolute atomic E-state index is 13.0. The van der Waals surface area contributed by atoms with Gasteiger partial charge in [-0.3, -0.25) is 4.98 Å². The van der Waals surface area contributed by atoms with Gasteiger partial charge in [-0.05, 0) is 59.0 Å². The summed E-state index contributed by atoms with van der Waals surface area (Å²) in [6.07, 6.45) is -0.706. The molecule has 0 saturated carbocycles. The van der Waals surface area contributed by atoms with Gasteiger partial charge in [-0.25, -0.2) is 8.78 Å². The molecule has 1 unspecified atom stereocenters. The smallest absolute Gasteiger partial charge is 0.278 e. The van der Waals surface area contributed by atoms with Crippen LogP contribution in [0, 0.1) is 3.57 Å². The first kappa shape index (κ1) is 13.5. The number of hydrogen-bond acceptors (Lipinski definition) is 2. The van der Waals surface area contributed by atoms with Crippen LogP contribution >= 0.6 is 22.6 Å². The highest BCUT2D eigenvalue weighted by atomic mass is 127. The number of fused-ring (bicyclic) bond motifs is 1. The van der Waals surface area contributed by atoms with E-state index in [0.29, 0.717) is 17.0 Å². The molecule has 1 aromatic heterocycles. The van der Waals surface area contributed by atoms with E-state index in [4.69, 9.17) is 4.74 Å². The van der Waals surface area contributed by atoms with E-state index in [0.717, 1.165) is 9.13 Å². The predicted molar refractivity (Wildman–Crippen MR) is 80.9 cm³/mol.